The molecule has 2 heterocycles. The van der Waals surface area contributed by atoms with Gasteiger partial charge in [0, 0.05) is 24.5 Å². The average Bonchev–Trinajstić information content (AvgIpc) is 2.51. The molecule has 2 rings (SSSR count). The number of rotatable bonds is 2. The number of pyridine rings is 1. The standard InChI is InChI=1S/C10H13N3/c1-8-3-2-6-13-9(4-5-11)7-12-10(8)13/h2-3,6-7H,4-5,11H2,1H3. The highest BCUT2D eigenvalue weighted by Gasteiger charge is 2.02. The van der Waals surface area contributed by atoms with E-state index in [0.717, 1.165) is 12.1 Å². The molecule has 0 bridgehead atoms. The van der Waals surface area contributed by atoms with E-state index >= 15 is 0 Å². The van der Waals surface area contributed by atoms with Gasteiger partial charge in [0.2, 0.25) is 0 Å². The lowest BCUT2D eigenvalue weighted by atomic mass is 10.3. The van der Waals surface area contributed by atoms with Gasteiger partial charge in [-0.1, -0.05) is 6.07 Å². The van der Waals surface area contributed by atoms with Crippen molar-refractivity contribution in [3.05, 3.63) is 35.8 Å². The second-order valence-corrected chi connectivity index (χ2v) is 3.17. The fourth-order valence-corrected chi connectivity index (χ4v) is 1.54. The molecule has 0 aliphatic heterocycles. The van der Waals surface area contributed by atoms with E-state index in [4.69, 9.17) is 5.73 Å². The van der Waals surface area contributed by atoms with Crippen molar-refractivity contribution in [2.24, 2.45) is 5.73 Å². The van der Waals surface area contributed by atoms with Crippen molar-refractivity contribution in [3.63, 3.8) is 0 Å². The van der Waals surface area contributed by atoms with Crippen LogP contribution in [-0.4, -0.2) is 15.9 Å². The number of fused-ring (bicyclic) bond motifs is 1. The molecule has 0 atom stereocenters. The molecule has 2 N–H and O–H groups in total. The van der Waals surface area contributed by atoms with Crippen LogP contribution in [0.25, 0.3) is 5.65 Å². The van der Waals surface area contributed by atoms with Crippen LogP contribution in [0.2, 0.25) is 0 Å². The van der Waals surface area contributed by atoms with Gasteiger partial charge in [-0.3, -0.25) is 0 Å². The molecule has 0 saturated carbocycles. The van der Waals surface area contributed by atoms with Crippen LogP contribution in [0.5, 0.6) is 0 Å². The Bertz CT molecular complexity index is 417. The van der Waals surface area contributed by atoms with E-state index in [1.807, 2.05) is 18.5 Å². The molecule has 2 aromatic rings. The first-order valence-electron chi connectivity index (χ1n) is 4.44. The van der Waals surface area contributed by atoms with Crippen molar-refractivity contribution in [2.45, 2.75) is 13.3 Å². The van der Waals surface area contributed by atoms with Gasteiger partial charge in [-0.15, -0.1) is 0 Å². The second-order valence-electron chi connectivity index (χ2n) is 3.17. The molecular weight excluding hydrogens is 162 g/mol. The predicted molar refractivity (Wildman–Crippen MR) is 52.7 cm³/mol. The van der Waals surface area contributed by atoms with Crippen LogP contribution >= 0.6 is 0 Å². The first kappa shape index (κ1) is 8.26. The summed E-state index contributed by atoms with van der Waals surface area (Å²) in [7, 11) is 0. The maximum Gasteiger partial charge on any atom is 0.139 e. The molecule has 0 unspecified atom stereocenters. The molecule has 0 radical (unpaired) electrons. The van der Waals surface area contributed by atoms with Gasteiger partial charge in [0.25, 0.3) is 0 Å². The number of nitrogens with zero attached hydrogens (tertiary/aromatic N) is 2. The Morgan fingerprint density at radius 2 is 2.38 bits per heavy atom. The third-order valence-electron chi connectivity index (χ3n) is 2.21. The fourth-order valence-electron chi connectivity index (χ4n) is 1.54. The summed E-state index contributed by atoms with van der Waals surface area (Å²) in [6, 6.07) is 4.10. The van der Waals surface area contributed by atoms with Crippen LogP contribution < -0.4 is 5.73 Å². The van der Waals surface area contributed by atoms with E-state index in [9.17, 15) is 0 Å². The minimum Gasteiger partial charge on any atom is -0.330 e. The molecule has 0 aliphatic rings. The highest BCUT2D eigenvalue weighted by atomic mass is 15.0. The number of hydrogen-bond acceptors (Lipinski definition) is 2. The van der Waals surface area contributed by atoms with Gasteiger partial charge >= 0.3 is 0 Å². The van der Waals surface area contributed by atoms with Crippen molar-refractivity contribution in [3.8, 4) is 0 Å². The van der Waals surface area contributed by atoms with Gasteiger partial charge in [0.1, 0.15) is 5.65 Å². The Labute approximate surface area is 77.2 Å². The van der Waals surface area contributed by atoms with Crippen molar-refractivity contribution in [1.29, 1.82) is 0 Å². The Morgan fingerprint density at radius 1 is 1.54 bits per heavy atom. The zero-order chi connectivity index (χ0) is 9.26. The average molecular weight is 175 g/mol. The smallest absolute Gasteiger partial charge is 0.139 e. The van der Waals surface area contributed by atoms with Crippen LogP contribution in [0, 0.1) is 6.92 Å². The molecule has 0 spiro atoms. The van der Waals surface area contributed by atoms with Crippen molar-refractivity contribution in [1.82, 2.24) is 9.38 Å². The van der Waals surface area contributed by atoms with E-state index in [1.54, 1.807) is 0 Å². The minimum absolute atomic E-state index is 0.668. The molecule has 0 aromatic carbocycles. The summed E-state index contributed by atoms with van der Waals surface area (Å²) in [5.41, 5.74) is 8.92. The predicted octanol–water partition coefficient (Wildman–Crippen LogP) is 1.14. The number of aryl methyl sites for hydroxylation is 1. The van der Waals surface area contributed by atoms with Gasteiger partial charge in [0.05, 0.1) is 0 Å². The lowest BCUT2D eigenvalue weighted by molar-refractivity contribution is 0.904. The third kappa shape index (κ3) is 1.31. The molecule has 3 nitrogen and oxygen atoms in total. The van der Waals surface area contributed by atoms with Crippen LogP contribution in [0.3, 0.4) is 0 Å². The molecule has 0 fully saturated rings. The maximum atomic E-state index is 5.51. The monoisotopic (exact) mass is 175 g/mol. The lowest BCUT2D eigenvalue weighted by Crippen LogP contribution is -2.04. The highest BCUT2D eigenvalue weighted by Crippen LogP contribution is 2.10. The highest BCUT2D eigenvalue weighted by molar-refractivity contribution is 5.48. The van der Waals surface area contributed by atoms with E-state index in [0.29, 0.717) is 6.54 Å². The van der Waals surface area contributed by atoms with E-state index in [-0.39, 0.29) is 0 Å². The molecule has 2 aromatic heterocycles. The number of aromatic nitrogens is 2. The van der Waals surface area contributed by atoms with Crippen molar-refractivity contribution >= 4 is 5.65 Å². The molecule has 3 heteroatoms. The molecule has 0 aliphatic carbocycles. The van der Waals surface area contributed by atoms with Gasteiger partial charge in [-0.2, -0.15) is 0 Å². The third-order valence-corrected chi connectivity index (χ3v) is 2.21. The summed E-state index contributed by atoms with van der Waals surface area (Å²) in [6.07, 6.45) is 4.81. The summed E-state index contributed by atoms with van der Waals surface area (Å²) in [5, 5.41) is 0. The normalized spacial score (nSPS) is 10.9. The van der Waals surface area contributed by atoms with Crippen LogP contribution in [0.1, 0.15) is 11.3 Å². The largest absolute Gasteiger partial charge is 0.330 e. The van der Waals surface area contributed by atoms with E-state index in [2.05, 4.69) is 22.4 Å². The Kier molecular flexibility index (Phi) is 2.02. The van der Waals surface area contributed by atoms with Gasteiger partial charge in [-0.25, -0.2) is 4.98 Å². The van der Waals surface area contributed by atoms with Gasteiger partial charge < -0.3 is 10.1 Å². The summed E-state index contributed by atoms with van der Waals surface area (Å²) in [4.78, 5) is 4.34. The number of nitrogens with two attached hydrogens (primary N) is 1. The molecular formula is C10H13N3. The summed E-state index contributed by atoms with van der Waals surface area (Å²) >= 11 is 0. The van der Waals surface area contributed by atoms with Gasteiger partial charge in [0.15, 0.2) is 0 Å². The summed E-state index contributed by atoms with van der Waals surface area (Å²) in [6.45, 7) is 2.73. The summed E-state index contributed by atoms with van der Waals surface area (Å²) < 4.78 is 2.10. The van der Waals surface area contributed by atoms with Crippen LogP contribution in [0.15, 0.2) is 24.5 Å². The summed E-state index contributed by atoms with van der Waals surface area (Å²) in [5.74, 6) is 0. The van der Waals surface area contributed by atoms with E-state index < -0.39 is 0 Å². The van der Waals surface area contributed by atoms with Crippen molar-refractivity contribution < 1.29 is 0 Å². The zero-order valence-electron chi connectivity index (χ0n) is 7.70. The Morgan fingerprint density at radius 3 is 3.15 bits per heavy atom. The van der Waals surface area contributed by atoms with Crippen LogP contribution in [-0.2, 0) is 6.42 Å². The lowest BCUT2D eigenvalue weighted by Gasteiger charge is -2.00. The second kappa shape index (κ2) is 3.18. The Balaban J connectivity index is 2.61. The SMILES string of the molecule is Cc1cccn2c(CCN)cnc12. The minimum atomic E-state index is 0.668. The van der Waals surface area contributed by atoms with Gasteiger partial charge in [-0.05, 0) is 25.1 Å². The quantitative estimate of drug-likeness (QED) is 0.744. The maximum absolute atomic E-state index is 5.51. The van der Waals surface area contributed by atoms with E-state index in [1.165, 1.54) is 11.3 Å². The molecule has 68 valence electrons. The van der Waals surface area contributed by atoms with Crippen molar-refractivity contribution in [2.75, 3.05) is 6.54 Å². The topological polar surface area (TPSA) is 43.3 Å². The molecule has 0 amide bonds. The number of imidazole rings is 1. The zero-order valence-corrected chi connectivity index (χ0v) is 7.70. The van der Waals surface area contributed by atoms with Crippen LogP contribution in [0.4, 0.5) is 0 Å². The first-order valence-corrected chi connectivity index (χ1v) is 4.44. The molecule has 13 heavy (non-hydrogen) atoms. The fraction of sp³-hybridized carbons (Fsp3) is 0.300. The first-order chi connectivity index (χ1) is 6.33. The number of hydrogen-bond donors (Lipinski definition) is 1. The Hall–Kier alpha value is -1.35. The molecule has 0 saturated heterocycles.